The number of carbonyl (C=O) groups excluding carboxylic acids is 1. The van der Waals surface area contributed by atoms with E-state index in [1.807, 2.05) is 0 Å². The summed E-state index contributed by atoms with van der Waals surface area (Å²) >= 11 is 0. The summed E-state index contributed by atoms with van der Waals surface area (Å²) in [5.74, 6) is 1.71. The molecule has 2 spiro atoms. The zero-order valence-electron chi connectivity index (χ0n) is 15.1. The first-order valence-electron chi connectivity index (χ1n) is 10.2. The van der Waals surface area contributed by atoms with Gasteiger partial charge in [-0.25, -0.2) is 0 Å². The molecule has 24 heavy (non-hydrogen) atoms. The number of allylic oxidation sites excluding steroid dienone is 2. The number of nitrogens with two attached hydrogens (primary N) is 1. The van der Waals surface area contributed by atoms with Crippen molar-refractivity contribution in [1.29, 1.82) is 0 Å². The Morgan fingerprint density at radius 1 is 1.04 bits per heavy atom. The van der Waals surface area contributed by atoms with Crippen LogP contribution in [0.2, 0.25) is 11.1 Å². The van der Waals surface area contributed by atoms with Gasteiger partial charge in [0.05, 0.1) is 5.41 Å². The minimum Gasteiger partial charge on any atom is -0.369 e. The highest BCUT2D eigenvalue weighted by Crippen LogP contribution is 3.34. The van der Waals surface area contributed by atoms with Crippen molar-refractivity contribution in [2.24, 2.45) is 33.8 Å². The highest BCUT2D eigenvalue weighted by Gasteiger charge is 3.32. The molecule has 5 aliphatic carbocycles. The number of rotatable bonds is 2. The van der Waals surface area contributed by atoms with Gasteiger partial charge in [0.1, 0.15) is 0 Å². The Labute approximate surface area is 146 Å². The Morgan fingerprint density at radius 2 is 1.71 bits per heavy atom. The minimum absolute atomic E-state index is 0.0289. The maximum absolute atomic E-state index is 12.3. The standard InChI is InChI=1S/C21H29NOSi/c1-13-11-24(12-14(13)2)19-10-8-6-4-3-5-7-9-18(17(22)23)15-20(18)16(19)21(15,19)20/h11,15-16H,3-10,12H2,1-2H3,(H2,22,23). The van der Waals surface area contributed by atoms with Gasteiger partial charge >= 0.3 is 0 Å². The van der Waals surface area contributed by atoms with Crippen LogP contribution in [0.5, 0.6) is 0 Å². The van der Waals surface area contributed by atoms with Gasteiger partial charge in [-0.05, 0) is 55.0 Å². The van der Waals surface area contributed by atoms with Crippen LogP contribution in [0, 0.1) is 28.1 Å². The molecule has 2 nitrogen and oxygen atoms in total. The summed E-state index contributed by atoms with van der Waals surface area (Å²) < 4.78 is 0. The summed E-state index contributed by atoms with van der Waals surface area (Å²) in [5.41, 5.74) is 13.0. The lowest BCUT2D eigenvalue weighted by molar-refractivity contribution is -0.126. The van der Waals surface area contributed by atoms with E-state index in [-0.39, 0.29) is 11.3 Å². The van der Waals surface area contributed by atoms with Gasteiger partial charge in [-0.2, -0.15) is 0 Å². The van der Waals surface area contributed by atoms with Crippen molar-refractivity contribution >= 4 is 20.0 Å². The second-order valence-electron chi connectivity index (χ2n) is 9.84. The molecule has 0 aromatic carbocycles. The molecule has 0 aromatic heterocycles. The Bertz CT molecular complexity index is 768. The number of carbonyl (C=O) groups is 1. The van der Waals surface area contributed by atoms with Crippen molar-refractivity contribution in [2.45, 2.75) is 76.3 Å². The fourth-order valence-electron chi connectivity index (χ4n) is 8.72. The lowest BCUT2D eigenvalue weighted by atomic mass is 9.78. The largest absolute Gasteiger partial charge is 0.369 e. The fraction of sp³-hybridized carbons (Fsp3) is 0.810. The SMILES string of the molecule is CC1=C(C)C[Si](C23CCCCCCCCC4(C(N)=O)C5C46C2C536)=C1. The Balaban J connectivity index is 1.34. The molecular formula is C21H29NOSi. The zero-order chi connectivity index (χ0) is 16.5. The van der Waals surface area contributed by atoms with Gasteiger partial charge in [-0.1, -0.05) is 55.3 Å². The average molecular weight is 340 g/mol. The summed E-state index contributed by atoms with van der Waals surface area (Å²) in [6.07, 6.45) is 10.8. The van der Waals surface area contributed by atoms with E-state index >= 15 is 0 Å². The zero-order valence-corrected chi connectivity index (χ0v) is 16.1. The van der Waals surface area contributed by atoms with Crippen LogP contribution in [0.4, 0.5) is 0 Å². The smallest absolute Gasteiger partial charge is 0.224 e. The molecule has 0 radical (unpaired) electrons. The van der Waals surface area contributed by atoms with Crippen LogP contribution in [-0.2, 0) is 4.79 Å². The second-order valence-corrected chi connectivity index (χ2v) is 12.4. The molecule has 6 unspecified atom stereocenters. The molecule has 3 heteroatoms. The number of primary amides is 1. The summed E-state index contributed by atoms with van der Waals surface area (Å²) in [7, 11) is -0.400. The summed E-state index contributed by atoms with van der Waals surface area (Å²) in [6.45, 7) is 4.67. The topological polar surface area (TPSA) is 43.1 Å². The van der Waals surface area contributed by atoms with Crippen LogP contribution in [-0.4, -0.2) is 20.0 Å². The van der Waals surface area contributed by atoms with E-state index in [9.17, 15) is 4.79 Å². The molecule has 6 aliphatic rings. The van der Waals surface area contributed by atoms with Crippen molar-refractivity contribution < 1.29 is 4.79 Å². The Morgan fingerprint density at radius 3 is 2.25 bits per heavy atom. The monoisotopic (exact) mass is 339 g/mol. The fourth-order valence-corrected chi connectivity index (χ4v) is 13.3. The van der Waals surface area contributed by atoms with Crippen molar-refractivity contribution in [2.75, 3.05) is 0 Å². The molecule has 0 bridgehead atoms. The predicted octanol–water partition coefficient (Wildman–Crippen LogP) is 3.82. The van der Waals surface area contributed by atoms with E-state index in [2.05, 4.69) is 19.5 Å². The third kappa shape index (κ3) is 1.05. The summed E-state index contributed by atoms with van der Waals surface area (Å²) in [5, 5.41) is 0.680. The van der Waals surface area contributed by atoms with Crippen LogP contribution in [0.25, 0.3) is 0 Å². The van der Waals surface area contributed by atoms with Crippen LogP contribution < -0.4 is 5.73 Å². The maximum atomic E-state index is 12.3. The summed E-state index contributed by atoms with van der Waals surface area (Å²) in [4.78, 5) is 12.3. The van der Waals surface area contributed by atoms with Gasteiger partial charge in [-0.3, -0.25) is 4.79 Å². The van der Waals surface area contributed by atoms with E-state index in [1.165, 1.54) is 51.0 Å². The van der Waals surface area contributed by atoms with E-state index in [1.54, 1.807) is 11.1 Å². The molecule has 1 heterocycles. The van der Waals surface area contributed by atoms with Crippen LogP contribution in [0.1, 0.15) is 65.2 Å². The number of fused-ring (bicyclic) bond motifs is 1. The second kappa shape index (κ2) is 3.84. The number of hydrogen-bond acceptors (Lipinski definition) is 1. The molecule has 5 saturated carbocycles. The van der Waals surface area contributed by atoms with Gasteiger partial charge in [0.2, 0.25) is 5.91 Å². The van der Waals surface area contributed by atoms with Crippen molar-refractivity contribution in [3.63, 3.8) is 0 Å². The van der Waals surface area contributed by atoms with Crippen LogP contribution in [0.3, 0.4) is 0 Å². The first-order valence-corrected chi connectivity index (χ1v) is 12.0. The quantitative estimate of drug-likeness (QED) is 0.764. The number of hydrogen-bond donors (Lipinski definition) is 1. The van der Waals surface area contributed by atoms with Gasteiger partial charge in [0, 0.05) is 13.8 Å². The van der Waals surface area contributed by atoms with E-state index in [0.29, 0.717) is 15.9 Å². The molecule has 6 atom stereocenters. The molecule has 1 amide bonds. The maximum Gasteiger partial charge on any atom is 0.224 e. The highest BCUT2D eigenvalue weighted by atomic mass is 28.2. The first kappa shape index (κ1) is 14.5. The van der Waals surface area contributed by atoms with Crippen molar-refractivity contribution in [3.05, 3.63) is 11.1 Å². The molecule has 128 valence electrons. The van der Waals surface area contributed by atoms with Gasteiger partial charge in [0.15, 0.2) is 0 Å². The molecule has 0 saturated heterocycles. The Kier molecular flexibility index (Phi) is 2.32. The molecular weight excluding hydrogens is 310 g/mol. The number of amides is 1. The minimum atomic E-state index is -0.400. The first-order chi connectivity index (χ1) is 11.5. The van der Waals surface area contributed by atoms with Crippen molar-refractivity contribution in [1.82, 2.24) is 0 Å². The molecule has 0 aromatic rings. The van der Waals surface area contributed by atoms with Gasteiger partial charge in [-0.15, -0.1) is 0 Å². The van der Waals surface area contributed by atoms with Gasteiger partial charge in [0.25, 0.3) is 0 Å². The van der Waals surface area contributed by atoms with Crippen LogP contribution >= 0.6 is 0 Å². The molecule has 2 N–H and O–H groups in total. The lowest BCUT2D eigenvalue weighted by Crippen LogP contribution is -2.38. The normalized spacial score (nSPS) is 56.3. The molecule has 5 fully saturated rings. The molecule has 1 aliphatic heterocycles. The predicted molar refractivity (Wildman–Crippen MR) is 98.1 cm³/mol. The molecule has 6 rings (SSSR count). The highest BCUT2D eigenvalue weighted by molar-refractivity contribution is 6.75. The third-order valence-electron chi connectivity index (χ3n) is 9.56. The van der Waals surface area contributed by atoms with E-state index in [4.69, 9.17) is 5.73 Å². The third-order valence-corrected chi connectivity index (χ3v) is 13.4. The van der Waals surface area contributed by atoms with E-state index < -0.39 is 8.41 Å². The average Bonchev–Trinajstić information content (AvgIpc) is 3.43. The van der Waals surface area contributed by atoms with Crippen molar-refractivity contribution in [3.8, 4) is 0 Å². The van der Waals surface area contributed by atoms with Crippen LogP contribution in [0.15, 0.2) is 11.1 Å². The summed E-state index contributed by atoms with van der Waals surface area (Å²) in [6, 6.07) is 1.39. The van der Waals surface area contributed by atoms with E-state index in [0.717, 1.165) is 18.3 Å². The Hall–Kier alpha value is -0.703. The van der Waals surface area contributed by atoms with Gasteiger partial charge < -0.3 is 5.73 Å². The lowest BCUT2D eigenvalue weighted by Gasteiger charge is -2.34.